The van der Waals surface area contributed by atoms with E-state index in [2.05, 4.69) is 6.92 Å². The number of rotatable bonds is 9. The molecular weight excluding hydrogens is 188 g/mol. The molecule has 2 nitrogen and oxygen atoms in total. The van der Waals surface area contributed by atoms with Crippen LogP contribution in [0.1, 0.15) is 65.7 Å². The van der Waals surface area contributed by atoms with Gasteiger partial charge in [-0.1, -0.05) is 33.6 Å². The first-order valence-electron chi connectivity index (χ1n) is 6.20. The Labute approximate surface area is 93.4 Å². The molecule has 0 aliphatic rings. The molecule has 0 heterocycles. The Bertz CT molecular complexity index is 197. The van der Waals surface area contributed by atoms with Gasteiger partial charge in [-0.05, 0) is 19.3 Å². The van der Waals surface area contributed by atoms with Gasteiger partial charge in [-0.2, -0.15) is 0 Å². The molecule has 0 amide bonds. The number of ketones is 2. The number of carbonyl (C=O) groups is 2. The Hall–Kier alpha value is -0.660. The van der Waals surface area contributed by atoms with Crippen molar-refractivity contribution in [3.8, 4) is 0 Å². The lowest BCUT2D eigenvalue weighted by atomic mass is 9.91. The maximum Gasteiger partial charge on any atom is 0.143 e. The quantitative estimate of drug-likeness (QED) is 0.548. The summed E-state index contributed by atoms with van der Waals surface area (Å²) in [6.07, 6.45) is 5.59. The van der Waals surface area contributed by atoms with Crippen molar-refractivity contribution in [2.24, 2.45) is 5.92 Å². The van der Waals surface area contributed by atoms with Crippen LogP contribution in [0.15, 0.2) is 0 Å². The first kappa shape index (κ1) is 14.3. The van der Waals surface area contributed by atoms with Gasteiger partial charge in [-0.15, -0.1) is 0 Å². The van der Waals surface area contributed by atoms with Crippen LogP contribution < -0.4 is 0 Å². The van der Waals surface area contributed by atoms with Crippen molar-refractivity contribution < 1.29 is 9.59 Å². The predicted octanol–water partition coefficient (Wildman–Crippen LogP) is 3.53. The number of hydrogen-bond acceptors (Lipinski definition) is 2. The third kappa shape index (κ3) is 6.43. The topological polar surface area (TPSA) is 34.1 Å². The minimum absolute atomic E-state index is 0.109. The number of hydrogen-bond donors (Lipinski definition) is 0. The molecule has 0 aliphatic carbocycles. The van der Waals surface area contributed by atoms with Crippen LogP contribution in [0, 0.1) is 5.92 Å². The third-order valence-corrected chi connectivity index (χ3v) is 2.75. The van der Waals surface area contributed by atoms with E-state index in [4.69, 9.17) is 0 Å². The van der Waals surface area contributed by atoms with Crippen molar-refractivity contribution in [1.29, 1.82) is 0 Å². The number of unbranched alkanes of at least 4 members (excludes halogenated alkanes) is 1. The lowest BCUT2D eigenvalue weighted by Gasteiger charge is -2.12. The molecule has 0 aromatic carbocycles. The van der Waals surface area contributed by atoms with E-state index < -0.39 is 0 Å². The van der Waals surface area contributed by atoms with Crippen molar-refractivity contribution >= 4 is 11.6 Å². The summed E-state index contributed by atoms with van der Waals surface area (Å²) in [5, 5.41) is 0. The minimum atomic E-state index is 0.109. The van der Waals surface area contributed by atoms with E-state index in [1.165, 1.54) is 0 Å². The van der Waals surface area contributed by atoms with Gasteiger partial charge < -0.3 is 0 Å². The standard InChI is InChI=1S/C13H24O2/c1-4-7-9-11(6-3)13(15)10-12(14)8-5-2/h11H,4-10H2,1-3H3. The highest BCUT2D eigenvalue weighted by molar-refractivity contribution is 6.00. The van der Waals surface area contributed by atoms with Crippen molar-refractivity contribution in [3.05, 3.63) is 0 Å². The molecule has 0 saturated carbocycles. The summed E-state index contributed by atoms with van der Waals surface area (Å²) in [6, 6.07) is 0. The highest BCUT2D eigenvalue weighted by Gasteiger charge is 2.18. The molecule has 0 rings (SSSR count). The first-order valence-corrected chi connectivity index (χ1v) is 6.20. The molecule has 0 saturated heterocycles. The average Bonchev–Trinajstić information content (AvgIpc) is 2.19. The van der Waals surface area contributed by atoms with E-state index in [0.717, 1.165) is 32.1 Å². The molecule has 0 bridgehead atoms. The van der Waals surface area contributed by atoms with E-state index in [1.54, 1.807) is 0 Å². The van der Waals surface area contributed by atoms with Gasteiger partial charge >= 0.3 is 0 Å². The molecule has 0 fully saturated rings. The summed E-state index contributed by atoms with van der Waals surface area (Å²) < 4.78 is 0. The van der Waals surface area contributed by atoms with E-state index >= 15 is 0 Å². The van der Waals surface area contributed by atoms with Crippen LogP contribution in [-0.2, 0) is 9.59 Å². The van der Waals surface area contributed by atoms with Crippen LogP contribution in [0.4, 0.5) is 0 Å². The summed E-state index contributed by atoms with van der Waals surface area (Å²) in [5.41, 5.74) is 0. The van der Waals surface area contributed by atoms with Crippen LogP contribution in [0.5, 0.6) is 0 Å². The Morgan fingerprint density at radius 2 is 1.73 bits per heavy atom. The lowest BCUT2D eigenvalue weighted by Crippen LogP contribution is -2.17. The van der Waals surface area contributed by atoms with E-state index in [0.29, 0.717) is 6.42 Å². The number of carbonyl (C=O) groups excluding carboxylic acids is 2. The fourth-order valence-electron chi connectivity index (χ4n) is 1.75. The van der Waals surface area contributed by atoms with Crippen molar-refractivity contribution in [2.75, 3.05) is 0 Å². The maximum absolute atomic E-state index is 11.7. The van der Waals surface area contributed by atoms with Crippen molar-refractivity contribution in [3.63, 3.8) is 0 Å². The number of Topliss-reactive ketones (excluding diaryl/α,β-unsaturated/α-hetero) is 2. The summed E-state index contributed by atoms with van der Waals surface area (Å²) in [5.74, 6) is 0.382. The van der Waals surface area contributed by atoms with Crippen molar-refractivity contribution in [2.45, 2.75) is 65.7 Å². The van der Waals surface area contributed by atoms with Gasteiger partial charge in [0.2, 0.25) is 0 Å². The minimum Gasteiger partial charge on any atom is -0.299 e. The van der Waals surface area contributed by atoms with E-state index in [1.807, 2.05) is 13.8 Å². The lowest BCUT2D eigenvalue weighted by molar-refractivity contribution is -0.129. The molecule has 0 aliphatic heterocycles. The van der Waals surface area contributed by atoms with Gasteiger partial charge in [0.25, 0.3) is 0 Å². The Morgan fingerprint density at radius 1 is 1.07 bits per heavy atom. The zero-order chi connectivity index (χ0) is 11.7. The van der Waals surface area contributed by atoms with E-state index in [9.17, 15) is 9.59 Å². The summed E-state index contributed by atoms with van der Waals surface area (Å²) in [6.45, 7) is 6.12. The molecule has 0 aromatic heterocycles. The van der Waals surface area contributed by atoms with Gasteiger partial charge in [0, 0.05) is 12.3 Å². The zero-order valence-electron chi connectivity index (χ0n) is 10.3. The van der Waals surface area contributed by atoms with Gasteiger partial charge in [-0.3, -0.25) is 9.59 Å². The zero-order valence-corrected chi connectivity index (χ0v) is 10.3. The van der Waals surface area contributed by atoms with Crippen LogP contribution in [0.3, 0.4) is 0 Å². The third-order valence-electron chi connectivity index (χ3n) is 2.75. The molecule has 15 heavy (non-hydrogen) atoms. The Kier molecular flexibility index (Phi) is 8.25. The van der Waals surface area contributed by atoms with Gasteiger partial charge in [0.1, 0.15) is 11.6 Å². The van der Waals surface area contributed by atoms with Crippen LogP contribution in [0.2, 0.25) is 0 Å². The van der Waals surface area contributed by atoms with Gasteiger partial charge in [0.05, 0.1) is 6.42 Å². The van der Waals surface area contributed by atoms with Gasteiger partial charge in [0.15, 0.2) is 0 Å². The van der Waals surface area contributed by atoms with Crippen LogP contribution >= 0.6 is 0 Å². The normalized spacial score (nSPS) is 12.5. The highest BCUT2D eigenvalue weighted by atomic mass is 16.1. The van der Waals surface area contributed by atoms with E-state index in [-0.39, 0.29) is 23.9 Å². The molecule has 2 heteroatoms. The molecule has 0 N–H and O–H groups in total. The van der Waals surface area contributed by atoms with Gasteiger partial charge in [-0.25, -0.2) is 0 Å². The molecule has 1 unspecified atom stereocenters. The predicted molar refractivity (Wildman–Crippen MR) is 62.8 cm³/mol. The molecular formula is C13H24O2. The smallest absolute Gasteiger partial charge is 0.143 e. The highest BCUT2D eigenvalue weighted by Crippen LogP contribution is 2.16. The molecule has 0 aromatic rings. The molecule has 0 radical (unpaired) electrons. The Balaban J connectivity index is 3.97. The van der Waals surface area contributed by atoms with Crippen LogP contribution in [-0.4, -0.2) is 11.6 Å². The SMILES string of the molecule is CCCCC(CC)C(=O)CC(=O)CCC. The second kappa shape index (κ2) is 8.63. The van der Waals surface area contributed by atoms with Crippen molar-refractivity contribution in [1.82, 2.24) is 0 Å². The molecule has 1 atom stereocenters. The summed E-state index contributed by atoms with van der Waals surface area (Å²) in [7, 11) is 0. The summed E-state index contributed by atoms with van der Waals surface area (Å²) in [4.78, 5) is 23.1. The summed E-state index contributed by atoms with van der Waals surface area (Å²) >= 11 is 0. The molecule has 88 valence electrons. The second-order valence-corrected chi connectivity index (χ2v) is 4.18. The maximum atomic E-state index is 11.7. The Morgan fingerprint density at radius 3 is 2.20 bits per heavy atom. The second-order valence-electron chi connectivity index (χ2n) is 4.18. The monoisotopic (exact) mass is 212 g/mol. The van der Waals surface area contributed by atoms with Crippen LogP contribution in [0.25, 0.3) is 0 Å². The largest absolute Gasteiger partial charge is 0.299 e. The fraction of sp³-hybridized carbons (Fsp3) is 0.846. The fourth-order valence-corrected chi connectivity index (χ4v) is 1.75. The molecule has 0 spiro atoms. The average molecular weight is 212 g/mol. The first-order chi connectivity index (χ1) is 7.15.